The summed E-state index contributed by atoms with van der Waals surface area (Å²) in [7, 11) is 0. The molecule has 1 fully saturated rings. The normalized spacial score (nSPS) is 15.8. The number of rotatable bonds is 4. The fraction of sp³-hybridized carbons (Fsp3) is 0.421. The second kappa shape index (κ2) is 6.92. The van der Waals surface area contributed by atoms with Crippen molar-refractivity contribution >= 4 is 16.7 Å². The summed E-state index contributed by atoms with van der Waals surface area (Å²) in [6.07, 6.45) is 4.98. The maximum Gasteiger partial charge on any atom is 0.214 e. The number of nitrogens with zero attached hydrogens (tertiary/aromatic N) is 4. The lowest BCUT2D eigenvalue weighted by atomic mass is 10.1. The fourth-order valence-corrected chi connectivity index (χ4v) is 3.26. The van der Waals surface area contributed by atoms with Crippen LogP contribution in [0.15, 0.2) is 30.6 Å². The van der Waals surface area contributed by atoms with Crippen LogP contribution < -0.4 is 9.64 Å². The van der Waals surface area contributed by atoms with Crippen molar-refractivity contribution in [3.05, 3.63) is 30.6 Å². The van der Waals surface area contributed by atoms with E-state index in [0.717, 1.165) is 53.9 Å². The second-order valence-corrected chi connectivity index (χ2v) is 6.93. The highest BCUT2D eigenvalue weighted by Crippen LogP contribution is 2.30. The van der Waals surface area contributed by atoms with E-state index in [-0.39, 0.29) is 12.2 Å². The van der Waals surface area contributed by atoms with Crippen molar-refractivity contribution in [1.29, 1.82) is 0 Å². The van der Waals surface area contributed by atoms with Gasteiger partial charge in [-0.25, -0.2) is 9.97 Å². The number of ether oxygens (including phenoxy) is 1. The van der Waals surface area contributed by atoms with Crippen LogP contribution in [0.25, 0.3) is 22.2 Å². The molecule has 0 spiro atoms. The molecule has 1 aliphatic rings. The number of nitrogens with one attached hydrogen (secondary N) is 1. The first kappa shape index (κ1) is 16.8. The Morgan fingerprint density at radius 1 is 1.23 bits per heavy atom. The number of aliphatic hydroxyl groups is 1. The number of aromatic amines is 1. The van der Waals surface area contributed by atoms with Crippen molar-refractivity contribution in [2.45, 2.75) is 38.9 Å². The zero-order valence-electron chi connectivity index (χ0n) is 15.0. The molecule has 7 heteroatoms. The summed E-state index contributed by atoms with van der Waals surface area (Å²) in [5, 5.41) is 18.2. The molecule has 1 aliphatic heterocycles. The van der Waals surface area contributed by atoms with Gasteiger partial charge in [-0.05, 0) is 38.8 Å². The van der Waals surface area contributed by atoms with Crippen LogP contribution >= 0.6 is 0 Å². The van der Waals surface area contributed by atoms with Crippen LogP contribution in [-0.2, 0) is 0 Å². The first-order chi connectivity index (χ1) is 12.6. The van der Waals surface area contributed by atoms with E-state index in [4.69, 9.17) is 4.74 Å². The number of hydrogen-bond donors (Lipinski definition) is 2. The van der Waals surface area contributed by atoms with Crippen LogP contribution in [0.1, 0.15) is 26.7 Å². The van der Waals surface area contributed by atoms with Gasteiger partial charge in [0.15, 0.2) is 0 Å². The van der Waals surface area contributed by atoms with Gasteiger partial charge < -0.3 is 14.7 Å². The number of H-pyrrole nitrogens is 1. The topological polar surface area (TPSA) is 87.2 Å². The van der Waals surface area contributed by atoms with E-state index in [1.807, 2.05) is 32.2 Å². The minimum Gasteiger partial charge on any atom is -0.475 e. The van der Waals surface area contributed by atoms with Gasteiger partial charge in [0.25, 0.3) is 0 Å². The Kier molecular flexibility index (Phi) is 4.46. The Morgan fingerprint density at radius 3 is 2.81 bits per heavy atom. The highest BCUT2D eigenvalue weighted by atomic mass is 16.5. The van der Waals surface area contributed by atoms with E-state index < -0.39 is 0 Å². The molecule has 3 aromatic rings. The molecule has 7 nitrogen and oxygen atoms in total. The smallest absolute Gasteiger partial charge is 0.214 e. The number of pyridine rings is 2. The molecule has 3 aromatic heterocycles. The van der Waals surface area contributed by atoms with Gasteiger partial charge in [0.1, 0.15) is 11.5 Å². The molecule has 0 saturated carbocycles. The molecule has 136 valence electrons. The summed E-state index contributed by atoms with van der Waals surface area (Å²) >= 11 is 0. The third-order valence-electron chi connectivity index (χ3n) is 4.59. The molecule has 0 amide bonds. The molecule has 26 heavy (non-hydrogen) atoms. The van der Waals surface area contributed by atoms with Gasteiger partial charge in [0.2, 0.25) is 5.88 Å². The molecule has 0 aliphatic carbocycles. The monoisotopic (exact) mass is 353 g/mol. The number of anilines is 1. The Balaban J connectivity index is 1.68. The van der Waals surface area contributed by atoms with E-state index in [9.17, 15) is 5.11 Å². The minimum absolute atomic E-state index is 0.0669. The molecule has 4 heterocycles. The van der Waals surface area contributed by atoms with Crippen LogP contribution in [0.3, 0.4) is 0 Å². The van der Waals surface area contributed by atoms with Gasteiger partial charge in [0.05, 0.1) is 23.9 Å². The van der Waals surface area contributed by atoms with Gasteiger partial charge in [-0.3, -0.25) is 5.10 Å². The van der Waals surface area contributed by atoms with Crippen molar-refractivity contribution in [3.63, 3.8) is 0 Å². The fourth-order valence-electron chi connectivity index (χ4n) is 3.26. The van der Waals surface area contributed by atoms with Gasteiger partial charge in [-0.2, -0.15) is 5.10 Å². The van der Waals surface area contributed by atoms with Gasteiger partial charge >= 0.3 is 0 Å². The molecule has 2 N–H and O–H groups in total. The molecule has 0 unspecified atom stereocenters. The van der Waals surface area contributed by atoms with Crippen LogP contribution in [0.4, 0.5) is 5.82 Å². The summed E-state index contributed by atoms with van der Waals surface area (Å²) in [6, 6.07) is 5.93. The van der Waals surface area contributed by atoms with Crippen LogP contribution in [-0.4, -0.2) is 50.6 Å². The third-order valence-corrected chi connectivity index (χ3v) is 4.59. The zero-order valence-corrected chi connectivity index (χ0v) is 15.0. The second-order valence-electron chi connectivity index (χ2n) is 6.93. The zero-order chi connectivity index (χ0) is 18.1. The summed E-state index contributed by atoms with van der Waals surface area (Å²) in [5.41, 5.74) is 2.72. The van der Waals surface area contributed by atoms with Gasteiger partial charge in [-0.15, -0.1) is 0 Å². The Morgan fingerprint density at radius 2 is 2.04 bits per heavy atom. The van der Waals surface area contributed by atoms with E-state index in [2.05, 4.69) is 31.1 Å². The molecule has 0 bridgehead atoms. The predicted molar refractivity (Wildman–Crippen MR) is 100 cm³/mol. The third kappa shape index (κ3) is 3.35. The average Bonchev–Trinajstić information content (AvgIpc) is 3.05. The Labute approximate surface area is 152 Å². The number of piperidine rings is 1. The number of aromatic nitrogens is 4. The van der Waals surface area contributed by atoms with Crippen molar-refractivity contribution in [2.24, 2.45) is 0 Å². The van der Waals surface area contributed by atoms with E-state index in [1.54, 1.807) is 6.20 Å². The number of hydrogen-bond acceptors (Lipinski definition) is 6. The SMILES string of the molecule is CC(C)Oc1cc2c(-c3ccnc(N4CCC(O)CC4)c3)n[nH]c2cn1. The molecule has 0 radical (unpaired) electrons. The molecular weight excluding hydrogens is 330 g/mol. The number of aliphatic hydroxyl groups excluding tert-OH is 1. The van der Waals surface area contributed by atoms with Crippen molar-refractivity contribution in [3.8, 4) is 17.1 Å². The summed E-state index contributed by atoms with van der Waals surface area (Å²) in [4.78, 5) is 11.0. The number of fused-ring (bicyclic) bond motifs is 1. The molecule has 4 rings (SSSR count). The summed E-state index contributed by atoms with van der Waals surface area (Å²) < 4.78 is 5.71. The lowest BCUT2D eigenvalue weighted by Gasteiger charge is -2.30. The van der Waals surface area contributed by atoms with E-state index in [0.29, 0.717) is 5.88 Å². The van der Waals surface area contributed by atoms with Crippen molar-refractivity contribution < 1.29 is 9.84 Å². The maximum absolute atomic E-state index is 9.71. The van der Waals surface area contributed by atoms with Crippen molar-refractivity contribution in [2.75, 3.05) is 18.0 Å². The van der Waals surface area contributed by atoms with Crippen LogP contribution in [0.2, 0.25) is 0 Å². The highest BCUT2D eigenvalue weighted by molar-refractivity contribution is 5.93. The average molecular weight is 353 g/mol. The largest absolute Gasteiger partial charge is 0.475 e. The first-order valence-electron chi connectivity index (χ1n) is 9.00. The molecule has 0 atom stereocenters. The first-order valence-corrected chi connectivity index (χ1v) is 9.00. The molecule has 0 aromatic carbocycles. The van der Waals surface area contributed by atoms with Crippen LogP contribution in [0, 0.1) is 0 Å². The quantitative estimate of drug-likeness (QED) is 0.750. The van der Waals surface area contributed by atoms with E-state index in [1.165, 1.54) is 0 Å². The minimum atomic E-state index is -0.198. The maximum atomic E-state index is 9.71. The molecular formula is C19H23N5O2. The molecule has 1 saturated heterocycles. The van der Waals surface area contributed by atoms with Crippen LogP contribution in [0.5, 0.6) is 5.88 Å². The summed E-state index contributed by atoms with van der Waals surface area (Å²) in [5.74, 6) is 1.51. The van der Waals surface area contributed by atoms with Gasteiger partial charge in [-0.1, -0.05) is 0 Å². The Hall–Kier alpha value is -2.67. The summed E-state index contributed by atoms with van der Waals surface area (Å²) in [6.45, 7) is 5.59. The van der Waals surface area contributed by atoms with E-state index >= 15 is 0 Å². The predicted octanol–water partition coefficient (Wildman–Crippen LogP) is 2.77. The Bertz CT molecular complexity index is 900. The lowest BCUT2D eigenvalue weighted by molar-refractivity contribution is 0.145. The standard InChI is InChI=1S/C19H23N5O2/c1-12(2)26-18-10-15-16(11-21-18)22-23-19(15)13-3-6-20-17(9-13)24-7-4-14(25)5-8-24/h3,6,9-12,14,25H,4-5,7-8H2,1-2H3,(H,22,23). The highest BCUT2D eigenvalue weighted by Gasteiger charge is 2.19. The van der Waals surface area contributed by atoms with Gasteiger partial charge in [0, 0.05) is 36.3 Å². The van der Waals surface area contributed by atoms with Crippen molar-refractivity contribution in [1.82, 2.24) is 20.2 Å². The lowest BCUT2D eigenvalue weighted by Crippen LogP contribution is -2.36.